The molecule has 4 rings (SSSR count). The summed E-state index contributed by atoms with van der Waals surface area (Å²) in [5.74, 6) is -0.463. The number of thiocarbonyl (C=S) groups is 1. The smallest absolute Gasteiger partial charge is 0.285 e. The third-order valence-corrected chi connectivity index (χ3v) is 6.40. The van der Waals surface area contributed by atoms with Gasteiger partial charge in [-0.25, -0.2) is 4.39 Å². The summed E-state index contributed by atoms with van der Waals surface area (Å²) in [4.78, 5) is 25.9. The molecule has 1 N–H and O–H groups in total. The summed E-state index contributed by atoms with van der Waals surface area (Å²) >= 11 is 7.65. The number of ether oxygens (including phenoxy) is 1. The van der Waals surface area contributed by atoms with Gasteiger partial charge in [0.25, 0.3) is 11.8 Å². The van der Waals surface area contributed by atoms with Crippen molar-refractivity contribution in [1.82, 2.24) is 10.4 Å². The van der Waals surface area contributed by atoms with Crippen molar-refractivity contribution in [1.29, 1.82) is 0 Å². The van der Waals surface area contributed by atoms with Crippen molar-refractivity contribution in [3.05, 3.63) is 92.8 Å². The number of hydrogen-bond donors (Lipinski definition) is 1. The van der Waals surface area contributed by atoms with Crippen LogP contribution in [0, 0.1) is 5.82 Å². The topological polar surface area (TPSA) is 58.6 Å². The van der Waals surface area contributed by atoms with Crippen LogP contribution in [0.3, 0.4) is 0 Å². The lowest BCUT2D eigenvalue weighted by molar-refractivity contribution is -0.123. The number of nitrogens with zero attached hydrogens (tertiary/aromatic N) is 1. The predicted molar refractivity (Wildman–Crippen MR) is 124 cm³/mol. The van der Waals surface area contributed by atoms with Crippen LogP contribution < -0.4 is 10.2 Å². The molecule has 1 aromatic heterocycles. The zero-order chi connectivity index (χ0) is 21.8. The normalized spacial score (nSPS) is 14.9. The van der Waals surface area contributed by atoms with Crippen LogP contribution in [0.1, 0.15) is 20.8 Å². The molecule has 1 aliphatic rings. The molecule has 0 radical (unpaired) electrons. The molecular weight excluding hydrogens is 455 g/mol. The Morgan fingerprint density at radius 3 is 2.71 bits per heavy atom. The van der Waals surface area contributed by atoms with E-state index in [4.69, 9.17) is 17.0 Å². The average molecular weight is 471 g/mol. The van der Waals surface area contributed by atoms with Crippen molar-refractivity contribution in [2.45, 2.75) is 6.61 Å². The molecule has 1 saturated heterocycles. The molecule has 3 aromatic rings. The highest BCUT2D eigenvalue weighted by molar-refractivity contribution is 8.26. The second kappa shape index (κ2) is 9.42. The van der Waals surface area contributed by atoms with Crippen molar-refractivity contribution in [3.8, 4) is 5.75 Å². The first-order valence-electron chi connectivity index (χ1n) is 9.09. The van der Waals surface area contributed by atoms with Gasteiger partial charge in [0, 0.05) is 0 Å². The summed E-state index contributed by atoms with van der Waals surface area (Å²) in [5, 5.41) is 2.87. The highest BCUT2D eigenvalue weighted by Gasteiger charge is 2.33. The molecular formula is C22H15FN2O3S3. The molecule has 0 aliphatic carbocycles. The van der Waals surface area contributed by atoms with Crippen molar-refractivity contribution < 1.29 is 18.7 Å². The first-order valence-corrected chi connectivity index (χ1v) is 11.2. The number of nitrogens with one attached hydrogen (secondary N) is 1. The van der Waals surface area contributed by atoms with E-state index in [1.165, 1.54) is 23.5 Å². The molecule has 0 saturated carbocycles. The fourth-order valence-electron chi connectivity index (χ4n) is 2.72. The minimum absolute atomic E-state index is 0.255. The highest BCUT2D eigenvalue weighted by Crippen LogP contribution is 2.32. The second-order valence-corrected chi connectivity index (χ2v) is 9.05. The van der Waals surface area contributed by atoms with Gasteiger partial charge in [-0.3, -0.25) is 15.0 Å². The van der Waals surface area contributed by atoms with Crippen LogP contribution in [0.15, 0.2) is 70.9 Å². The lowest BCUT2D eigenvalue weighted by Gasteiger charge is -2.14. The molecule has 31 heavy (non-hydrogen) atoms. The zero-order valence-electron chi connectivity index (χ0n) is 15.9. The van der Waals surface area contributed by atoms with E-state index >= 15 is 0 Å². The van der Waals surface area contributed by atoms with E-state index in [1.807, 2.05) is 12.1 Å². The Hall–Kier alpha value is -3.01. The molecule has 1 aliphatic heterocycles. The number of hydrazine groups is 1. The lowest BCUT2D eigenvalue weighted by atomic mass is 10.2. The summed E-state index contributed by atoms with van der Waals surface area (Å²) in [7, 11) is 0. The third-order valence-electron chi connectivity index (χ3n) is 4.23. The van der Waals surface area contributed by atoms with Crippen LogP contribution in [0.2, 0.25) is 0 Å². The van der Waals surface area contributed by atoms with E-state index in [2.05, 4.69) is 5.43 Å². The van der Waals surface area contributed by atoms with Crippen molar-refractivity contribution in [2.24, 2.45) is 0 Å². The van der Waals surface area contributed by atoms with Crippen LogP contribution >= 0.6 is 35.3 Å². The Morgan fingerprint density at radius 1 is 1.16 bits per heavy atom. The Labute approximate surface area is 191 Å². The average Bonchev–Trinajstić information content (AvgIpc) is 3.39. The number of benzene rings is 2. The fraction of sp³-hybridized carbons (Fsp3) is 0.0455. The van der Waals surface area contributed by atoms with E-state index in [0.717, 1.165) is 27.9 Å². The van der Waals surface area contributed by atoms with E-state index in [9.17, 15) is 14.0 Å². The van der Waals surface area contributed by atoms with Gasteiger partial charge >= 0.3 is 0 Å². The molecule has 2 heterocycles. The number of halogens is 1. The molecule has 0 spiro atoms. The van der Waals surface area contributed by atoms with Crippen LogP contribution in [-0.4, -0.2) is 21.1 Å². The number of thioether (sulfide) groups is 1. The minimum Gasteiger partial charge on any atom is -0.489 e. The first-order chi connectivity index (χ1) is 15.0. The molecule has 0 unspecified atom stereocenters. The quantitative estimate of drug-likeness (QED) is 0.405. The van der Waals surface area contributed by atoms with Gasteiger partial charge in [-0.2, -0.15) is 5.01 Å². The van der Waals surface area contributed by atoms with Gasteiger partial charge in [-0.05, 0) is 65.1 Å². The fourth-order valence-corrected chi connectivity index (χ4v) is 4.51. The van der Waals surface area contributed by atoms with E-state index < -0.39 is 5.91 Å². The van der Waals surface area contributed by atoms with Gasteiger partial charge in [0.1, 0.15) is 18.2 Å². The molecule has 156 valence electrons. The van der Waals surface area contributed by atoms with Crippen molar-refractivity contribution in [2.75, 3.05) is 0 Å². The van der Waals surface area contributed by atoms with Crippen molar-refractivity contribution >= 4 is 57.5 Å². The van der Waals surface area contributed by atoms with Crippen molar-refractivity contribution in [3.63, 3.8) is 0 Å². The third kappa shape index (κ3) is 5.19. The lowest BCUT2D eigenvalue weighted by Crippen LogP contribution is -2.44. The largest absolute Gasteiger partial charge is 0.489 e. The van der Waals surface area contributed by atoms with Gasteiger partial charge in [0.05, 0.1) is 9.78 Å². The van der Waals surface area contributed by atoms with Gasteiger partial charge in [0.2, 0.25) is 0 Å². The van der Waals surface area contributed by atoms with Crippen LogP contribution in [0.25, 0.3) is 6.08 Å². The van der Waals surface area contributed by atoms with Gasteiger partial charge in [-0.1, -0.05) is 42.1 Å². The molecule has 1 fully saturated rings. The predicted octanol–water partition coefficient (Wildman–Crippen LogP) is 5.01. The standard InChI is InChI=1S/C22H15FN2O3S3/c23-16-8-6-14(7-9-16)13-28-17-4-1-3-15(11-17)12-19-21(27)25(22(29)31-19)24-20(26)18-5-2-10-30-18/h1-12H,13H2,(H,24,26)/b19-12+. The zero-order valence-corrected chi connectivity index (χ0v) is 18.4. The molecule has 0 atom stereocenters. The summed E-state index contributed by atoms with van der Waals surface area (Å²) in [6, 6.07) is 16.8. The maximum Gasteiger partial charge on any atom is 0.285 e. The SMILES string of the molecule is O=C(NN1C(=O)/C(=C\c2cccc(OCc3ccc(F)cc3)c2)SC1=S)c1cccs1. The molecule has 2 amide bonds. The van der Waals surface area contributed by atoms with E-state index in [1.54, 1.807) is 47.9 Å². The minimum atomic E-state index is -0.391. The molecule has 9 heteroatoms. The Morgan fingerprint density at radius 2 is 1.97 bits per heavy atom. The maximum atomic E-state index is 13.0. The monoisotopic (exact) mass is 470 g/mol. The van der Waals surface area contributed by atoms with E-state index in [-0.39, 0.29) is 16.0 Å². The van der Waals surface area contributed by atoms with Crippen LogP contribution in [-0.2, 0) is 11.4 Å². The van der Waals surface area contributed by atoms with Gasteiger partial charge in [0.15, 0.2) is 4.32 Å². The molecule has 0 bridgehead atoms. The Bertz CT molecular complexity index is 1160. The maximum absolute atomic E-state index is 13.0. The van der Waals surface area contributed by atoms with Gasteiger partial charge in [-0.15, -0.1) is 11.3 Å². The summed E-state index contributed by atoms with van der Waals surface area (Å²) < 4.78 is 19.0. The number of amides is 2. The number of thiophene rings is 1. The Kier molecular flexibility index (Phi) is 6.45. The van der Waals surface area contributed by atoms with E-state index in [0.29, 0.717) is 22.1 Å². The molecule has 2 aromatic carbocycles. The van der Waals surface area contributed by atoms with Crippen LogP contribution in [0.5, 0.6) is 5.75 Å². The molecule has 5 nitrogen and oxygen atoms in total. The number of hydrogen-bond acceptors (Lipinski definition) is 6. The second-order valence-electron chi connectivity index (χ2n) is 6.42. The first kappa shape index (κ1) is 21.2. The highest BCUT2D eigenvalue weighted by atomic mass is 32.2. The number of carbonyl (C=O) groups excluding carboxylic acids is 2. The summed E-state index contributed by atoms with van der Waals surface area (Å²) in [6.45, 7) is 0.292. The Balaban J connectivity index is 1.44. The number of rotatable bonds is 6. The van der Waals surface area contributed by atoms with Gasteiger partial charge < -0.3 is 4.74 Å². The summed E-state index contributed by atoms with van der Waals surface area (Å²) in [5.41, 5.74) is 4.14. The summed E-state index contributed by atoms with van der Waals surface area (Å²) in [6.07, 6.45) is 1.70. The van der Waals surface area contributed by atoms with Crippen LogP contribution in [0.4, 0.5) is 4.39 Å². The number of carbonyl (C=O) groups is 2.